The number of benzene rings is 2. The Balaban J connectivity index is 2.24. The van der Waals surface area contributed by atoms with Crippen LogP contribution < -0.4 is 10.1 Å². The van der Waals surface area contributed by atoms with Gasteiger partial charge in [0.05, 0.1) is 23.8 Å². The van der Waals surface area contributed by atoms with Gasteiger partial charge in [-0.15, -0.1) is 0 Å². The van der Waals surface area contributed by atoms with E-state index in [2.05, 4.69) is 10.3 Å². The van der Waals surface area contributed by atoms with E-state index in [0.29, 0.717) is 18.0 Å². The number of hydrogen-bond acceptors (Lipinski definition) is 4. The molecule has 114 valence electrons. The van der Waals surface area contributed by atoms with Crippen molar-refractivity contribution in [2.45, 2.75) is 6.42 Å². The van der Waals surface area contributed by atoms with Crippen LogP contribution in [-0.4, -0.2) is 30.4 Å². The van der Waals surface area contributed by atoms with Crippen LogP contribution in [0.15, 0.2) is 36.4 Å². The zero-order valence-corrected chi connectivity index (χ0v) is 13.0. The molecule has 4 nitrogen and oxygen atoms in total. The molecule has 0 atom stereocenters. The van der Waals surface area contributed by atoms with Gasteiger partial charge in [0.1, 0.15) is 5.75 Å². The van der Waals surface area contributed by atoms with E-state index in [1.165, 1.54) is 0 Å². The third-order valence-corrected chi connectivity index (χ3v) is 3.81. The maximum atomic E-state index is 9.00. The molecule has 0 unspecified atom stereocenters. The Morgan fingerprint density at radius 1 is 1.14 bits per heavy atom. The van der Waals surface area contributed by atoms with Crippen LogP contribution >= 0.6 is 11.6 Å². The fourth-order valence-corrected chi connectivity index (χ4v) is 2.67. The second kappa shape index (κ2) is 6.38. The monoisotopic (exact) mass is 316 g/mol. The average Bonchev–Trinajstić information content (AvgIpc) is 2.53. The van der Waals surface area contributed by atoms with Gasteiger partial charge in [-0.25, -0.2) is 4.98 Å². The number of aliphatic hydroxyl groups excluding tert-OH is 1. The average molecular weight is 317 g/mol. The quantitative estimate of drug-likeness (QED) is 0.554. The molecule has 0 aliphatic carbocycles. The van der Waals surface area contributed by atoms with Gasteiger partial charge in [0.15, 0.2) is 0 Å². The van der Waals surface area contributed by atoms with E-state index < -0.39 is 0 Å². The zero-order valence-electron chi connectivity index (χ0n) is 12.3. The van der Waals surface area contributed by atoms with Crippen LogP contribution in [0.2, 0.25) is 5.02 Å². The molecule has 2 N–H and O–H groups in total. The molecule has 0 aliphatic heterocycles. The Morgan fingerprint density at radius 2 is 2.00 bits per heavy atom. The highest BCUT2D eigenvalue weighted by atomic mass is 35.5. The molecule has 0 bridgehead atoms. The smallest absolute Gasteiger partial charge is 0.119 e. The highest BCUT2D eigenvalue weighted by Gasteiger charge is 2.10. The van der Waals surface area contributed by atoms with Gasteiger partial charge in [-0.05, 0) is 42.8 Å². The molecule has 0 fully saturated rings. The van der Waals surface area contributed by atoms with Crippen LogP contribution in [0.25, 0.3) is 21.8 Å². The first-order valence-electron chi connectivity index (χ1n) is 7.14. The summed E-state index contributed by atoms with van der Waals surface area (Å²) in [6.45, 7) is 0.841. The number of fused-ring (bicyclic) bond motifs is 2. The number of nitrogens with zero attached hydrogens (tertiary/aromatic N) is 1. The van der Waals surface area contributed by atoms with Crippen molar-refractivity contribution in [3.8, 4) is 5.75 Å². The fraction of sp³-hybridized carbons (Fsp3) is 0.235. The molecule has 0 aliphatic rings. The molecule has 5 heteroatoms. The predicted octanol–water partition coefficient (Wildman–Crippen LogP) is 3.84. The Labute approximate surface area is 133 Å². The maximum absolute atomic E-state index is 9.00. The van der Waals surface area contributed by atoms with Gasteiger partial charge in [-0.1, -0.05) is 11.6 Å². The highest BCUT2D eigenvalue weighted by molar-refractivity contribution is 6.31. The van der Waals surface area contributed by atoms with E-state index in [-0.39, 0.29) is 6.61 Å². The van der Waals surface area contributed by atoms with Crippen LogP contribution in [0.3, 0.4) is 0 Å². The van der Waals surface area contributed by atoms with E-state index in [9.17, 15) is 0 Å². The topological polar surface area (TPSA) is 54.4 Å². The van der Waals surface area contributed by atoms with Crippen molar-refractivity contribution < 1.29 is 9.84 Å². The lowest BCUT2D eigenvalue weighted by Crippen LogP contribution is -2.05. The molecule has 1 heterocycles. The predicted molar refractivity (Wildman–Crippen MR) is 91.0 cm³/mol. The molecule has 0 saturated carbocycles. The Bertz CT molecular complexity index is 820. The van der Waals surface area contributed by atoms with Crippen molar-refractivity contribution in [2.24, 2.45) is 0 Å². The van der Waals surface area contributed by atoms with Gasteiger partial charge in [0.25, 0.3) is 0 Å². The fourth-order valence-electron chi connectivity index (χ4n) is 2.51. The van der Waals surface area contributed by atoms with Crippen molar-refractivity contribution in [3.63, 3.8) is 0 Å². The standard InChI is InChI=1S/C17H17ClN2O2/c1-22-12-4-6-15-14(10-12)17(19-7-2-8-21)13-5-3-11(18)9-16(13)20-15/h3-6,9-10,21H,2,7-8H2,1H3,(H,19,20). The number of nitrogens with one attached hydrogen (secondary N) is 1. The van der Waals surface area contributed by atoms with Gasteiger partial charge in [0.2, 0.25) is 0 Å². The number of ether oxygens (including phenoxy) is 1. The first kappa shape index (κ1) is 14.9. The van der Waals surface area contributed by atoms with E-state index >= 15 is 0 Å². The first-order chi connectivity index (χ1) is 10.7. The zero-order chi connectivity index (χ0) is 15.5. The van der Waals surface area contributed by atoms with Gasteiger partial charge in [0, 0.05) is 28.9 Å². The number of rotatable bonds is 5. The molecular formula is C17H17ClN2O2. The summed E-state index contributed by atoms with van der Waals surface area (Å²) >= 11 is 6.08. The minimum absolute atomic E-state index is 0.156. The van der Waals surface area contributed by atoms with E-state index in [4.69, 9.17) is 21.4 Å². The number of aliphatic hydroxyl groups is 1. The lowest BCUT2D eigenvalue weighted by molar-refractivity contribution is 0.292. The summed E-state index contributed by atoms with van der Waals surface area (Å²) in [7, 11) is 1.65. The van der Waals surface area contributed by atoms with Crippen LogP contribution in [0.5, 0.6) is 5.75 Å². The normalized spacial score (nSPS) is 11.0. The lowest BCUT2D eigenvalue weighted by atomic mass is 10.1. The Morgan fingerprint density at radius 3 is 2.77 bits per heavy atom. The van der Waals surface area contributed by atoms with Crippen molar-refractivity contribution in [2.75, 3.05) is 25.6 Å². The molecule has 0 amide bonds. The molecule has 0 radical (unpaired) electrons. The molecule has 3 aromatic rings. The second-order valence-electron chi connectivity index (χ2n) is 5.04. The number of hydrogen-bond donors (Lipinski definition) is 2. The van der Waals surface area contributed by atoms with Crippen LogP contribution in [-0.2, 0) is 0 Å². The molecule has 2 aromatic carbocycles. The number of anilines is 1. The third-order valence-electron chi connectivity index (χ3n) is 3.58. The summed E-state index contributed by atoms with van der Waals surface area (Å²) in [5, 5.41) is 15.1. The highest BCUT2D eigenvalue weighted by Crippen LogP contribution is 2.34. The van der Waals surface area contributed by atoms with E-state index in [1.807, 2.05) is 36.4 Å². The molecule has 0 saturated heterocycles. The number of methoxy groups -OCH3 is 1. The summed E-state index contributed by atoms with van der Waals surface area (Å²) < 4.78 is 5.32. The van der Waals surface area contributed by atoms with Crippen LogP contribution in [0, 0.1) is 0 Å². The van der Waals surface area contributed by atoms with Crippen LogP contribution in [0.1, 0.15) is 6.42 Å². The SMILES string of the molecule is COc1ccc2nc3cc(Cl)ccc3c(NCCCO)c2c1. The summed E-state index contributed by atoms with van der Waals surface area (Å²) in [6.07, 6.45) is 0.683. The first-order valence-corrected chi connectivity index (χ1v) is 7.52. The number of pyridine rings is 1. The van der Waals surface area contributed by atoms with Crippen LogP contribution in [0.4, 0.5) is 5.69 Å². The van der Waals surface area contributed by atoms with E-state index in [1.54, 1.807) is 7.11 Å². The summed E-state index contributed by atoms with van der Waals surface area (Å²) in [5.74, 6) is 0.785. The molecule has 3 rings (SSSR count). The Kier molecular flexibility index (Phi) is 4.32. The molecule has 0 spiro atoms. The molecular weight excluding hydrogens is 300 g/mol. The minimum atomic E-state index is 0.156. The largest absolute Gasteiger partial charge is 0.497 e. The van der Waals surface area contributed by atoms with E-state index in [0.717, 1.165) is 33.2 Å². The summed E-state index contributed by atoms with van der Waals surface area (Å²) in [5.41, 5.74) is 2.71. The van der Waals surface area contributed by atoms with Gasteiger partial charge in [-0.3, -0.25) is 0 Å². The maximum Gasteiger partial charge on any atom is 0.119 e. The van der Waals surface area contributed by atoms with Crippen molar-refractivity contribution >= 4 is 39.1 Å². The third kappa shape index (κ3) is 2.80. The van der Waals surface area contributed by atoms with Gasteiger partial charge in [-0.2, -0.15) is 0 Å². The molecule has 1 aromatic heterocycles. The van der Waals surface area contributed by atoms with Crippen molar-refractivity contribution in [1.82, 2.24) is 4.98 Å². The molecule has 22 heavy (non-hydrogen) atoms. The summed E-state index contributed by atoms with van der Waals surface area (Å²) in [4.78, 5) is 4.67. The number of halogens is 1. The minimum Gasteiger partial charge on any atom is -0.497 e. The number of aromatic nitrogens is 1. The summed E-state index contributed by atoms with van der Waals surface area (Å²) in [6, 6.07) is 11.5. The van der Waals surface area contributed by atoms with Crippen molar-refractivity contribution in [3.05, 3.63) is 41.4 Å². The van der Waals surface area contributed by atoms with Gasteiger partial charge < -0.3 is 15.2 Å². The Hall–Kier alpha value is -2.04. The lowest BCUT2D eigenvalue weighted by Gasteiger charge is -2.14. The van der Waals surface area contributed by atoms with Crippen molar-refractivity contribution in [1.29, 1.82) is 0 Å². The second-order valence-corrected chi connectivity index (χ2v) is 5.47. The van der Waals surface area contributed by atoms with Gasteiger partial charge >= 0.3 is 0 Å².